The summed E-state index contributed by atoms with van der Waals surface area (Å²) >= 11 is 9.93. The van der Waals surface area contributed by atoms with Crippen LogP contribution in [-0.4, -0.2) is 35.5 Å². The summed E-state index contributed by atoms with van der Waals surface area (Å²) in [5, 5.41) is 5.24. The van der Waals surface area contributed by atoms with Crippen LogP contribution in [0, 0.1) is 24.0 Å². The van der Waals surface area contributed by atoms with Gasteiger partial charge in [0.15, 0.2) is 0 Å². The molecule has 0 aliphatic carbocycles. The van der Waals surface area contributed by atoms with E-state index in [1.807, 2.05) is 22.7 Å². The molecule has 10 aromatic rings. The molecule has 4 aromatic carbocycles. The topological polar surface area (TPSA) is 77.3 Å². The van der Waals surface area contributed by atoms with Crippen LogP contribution in [0.15, 0.2) is 72.8 Å². The summed E-state index contributed by atoms with van der Waals surface area (Å²) in [5.41, 5.74) is 9.89. The molecule has 0 fully saturated rings. The number of para-hydroxylation sites is 2. The molecule has 1 aliphatic heterocycles. The fourth-order valence-corrected chi connectivity index (χ4v) is 23.4. The summed E-state index contributed by atoms with van der Waals surface area (Å²) in [6.07, 6.45) is 10.1. The molecule has 7 heterocycles. The Bertz CT molecular complexity index is 2990. The van der Waals surface area contributed by atoms with Crippen LogP contribution in [0.2, 0.25) is 12.1 Å². The Morgan fingerprint density at radius 3 is 1.40 bits per heavy atom. The van der Waals surface area contributed by atoms with Crippen LogP contribution in [0.1, 0.15) is 79.1 Å². The van der Waals surface area contributed by atoms with Crippen molar-refractivity contribution < 1.29 is 42.1 Å². The quantitative estimate of drug-likeness (QED) is 0.0709. The predicted octanol–water partition coefficient (Wildman–Crippen LogP) is 15.3. The number of thiazole rings is 2. The third kappa shape index (κ3) is 8.49. The van der Waals surface area contributed by atoms with Crippen LogP contribution in [0.25, 0.3) is 94.3 Å². The number of aromatic nitrogens is 6. The average molecular weight is 1320 g/mol. The summed E-state index contributed by atoms with van der Waals surface area (Å²) in [4.78, 5) is 15.5. The van der Waals surface area contributed by atoms with Crippen molar-refractivity contribution >= 4 is 130 Å². The molecule has 0 spiro atoms. The molecule has 0 saturated carbocycles. The number of thiophene rings is 2. The van der Waals surface area contributed by atoms with E-state index >= 15 is 0 Å². The van der Waals surface area contributed by atoms with E-state index in [4.69, 9.17) is 27.5 Å². The predicted molar refractivity (Wildman–Crippen MR) is 277 cm³/mol. The molecular weight excluding hydrogens is 1270 g/mol. The molecule has 0 bridgehead atoms. The van der Waals surface area contributed by atoms with Crippen molar-refractivity contribution in [2.45, 2.75) is 91.1 Å². The first-order valence-corrected chi connectivity index (χ1v) is 29.5. The molecule has 330 valence electrons. The first-order chi connectivity index (χ1) is 31.0. The van der Waals surface area contributed by atoms with E-state index in [1.165, 1.54) is 116 Å². The third-order valence-corrected chi connectivity index (χ3v) is 24.7. The molecule has 0 radical (unpaired) electrons. The smallest absolute Gasteiger partial charge is 0.120 e. The molecule has 0 amide bonds. The number of hydrogen-bond acceptors (Lipinski definition) is 12. The zero-order valence-corrected chi connectivity index (χ0v) is 48.4. The number of fused-ring (bicyclic) bond motifs is 7. The maximum Gasteiger partial charge on any atom is 0.120 e. The second kappa shape index (κ2) is 20.1. The van der Waals surface area contributed by atoms with Crippen molar-refractivity contribution in [3.8, 4) is 51.8 Å². The van der Waals surface area contributed by atoms with Gasteiger partial charge in [0.1, 0.15) is 8.07 Å². The SMILES string of the molecule is CCCCC(CC)C[Si]1(CC(CC)CCCC)c2cc(-c3[c-]cc(-c4nc5ccccc5s4)c4nsnc34)sc2-c2sc(-c3[c-]cc(-c4nc5ccccc5s4)c4nsnc34)cc21.[W].[W]. The van der Waals surface area contributed by atoms with Gasteiger partial charge in [0.25, 0.3) is 0 Å². The normalized spacial score (nSPS) is 13.9. The number of benzene rings is 4. The second-order valence-corrected chi connectivity index (χ2v) is 26.4. The fraction of sp³-hybridized carbons (Fsp3) is 0.320. The van der Waals surface area contributed by atoms with E-state index in [0.717, 1.165) is 65.4 Å². The van der Waals surface area contributed by atoms with Crippen LogP contribution in [0.3, 0.4) is 0 Å². The van der Waals surface area contributed by atoms with Crippen LogP contribution in [0.4, 0.5) is 0 Å². The zero-order valence-electron chi connectivity index (χ0n) is 36.6. The van der Waals surface area contributed by atoms with E-state index in [1.54, 1.807) is 33.0 Å². The first-order valence-electron chi connectivity index (χ1n) is 22.4. The third-order valence-electron chi connectivity index (χ3n) is 13.3. The molecule has 11 rings (SSSR count). The van der Waals surface area contributed by atoms with Gasteiger partial charge in [-0.2, -0.15) is 31.4 Å². The minimum Gasteiger partial charge on any atom is -0.246 e. The standard InChI is InChI=1S/C50H46N6S6Si.2W/c1-5-9-15-29(7-3)27-63(28-30(8-4)16-10-6-2)41-25-39(31-21-23-33(45-43(31)53-61-55-45)49-51-35-17-11-13-19-37(35)59-49)57-47(41)48-42(63)26-40(58-48)32-22-24-34(46-44(32)54-62-56-46)50-52-36-18-12-14-20-38(36)60-50;;/h11-14,17-20,23-26,29-30H,5-10,15-16,27-28H2,1-4H3;;/q-2;;. The number of nitrogens with zero attached hydrogens (tertiary/aromatic N) is 6. The summed E-state index contributed by atoms with van der Waals surface area (Å²) < 4.78 is 22.1. The maximum atomic E-state index is 5.02. The molecule has 6 nitrogen and oxygen atoms in total. The van der Waals surface area contributed by atoms with Crippen molar-refractivity contribution in [1.29, 1.82) is 0 Å². The Morgan fingerprint density at radius 2 is 0.985 bits per heavy atom. The van der Waals surface area contributed by atoms with Gasteiger partial charge in [-0.3, -0.25) is 0 Å². The van der Waals surface area contributed by atoms with Gasteiger partial charge in [0.2, 0.25) is 0 Å². The largest absolute Gasteiger partial charge is 0.246 e. The van der Waals surface area contributed by atoms with Crippen LogP contribution in [0.5, 0.6) is 0 Å². The average Bonchev–Trinajstić information content (AvgIpc) is 4.17. The molecule has 2 unspecified atom stereocenters. The Morgan fingerprint density at radius 1 is 0.554 bits per heavy atom. The minimum atomic E-state index is -2.32. The van der Waals surface area contributed by atoms with Gasteiger partial charge < -0.3 is 0 Å². The fourth-order valence-electron chi connectivity index (χ4n) is 9.91. The van der Waals surface area contributed by atoms with Gasteiger partial charge in [0, 0.05) is 74.0 Å². The molecule has 2 atom stereocenters. The molecule has 0 N–H and O–H groups in total. The number of rotatable bonds is 16. The van der Waals surface area contributed by atoms with E-state index in [9.17, 15) is 0 Å². The van der Waals surface area contributed by atoms with Crippen molar-refractivity contribution in [1.82, 2.24) is 27.5 Å². The number of unbranched alkanes of at least 4 members (excludes halogenated alkanes) is 2. The van der Waals surface area contributed by atoms with Crippen molar-refractivity contribution in [3.05, 3.63) is 84.9 Å². The Balaban J connectivity index is 0.00000266. The summed E-state index contributed by atoms with van der Waals surface area (Å²) in [7, 11) is -2.32. The maximum absolute atomic E-state index is 5.02. The molecule has 15 heteroatoms. The second-order valence-electron chi connectivity index (χ2n) is 17.1. The number of hydrogen-bond donors (Lipinski definition) is 0. The van der Waals surface area contributed by atoms with Gasteiger partial charge in [0.05, 0.1) is 53.9 Å². The van der Waals surface area contributed by atoms with Gasteiger partial charge in [-0.1, -0.05) is 115 Å². The van der Waals surface area contributed by atoms with Crippen molar-refractivity contribution in [3.63, 3.8) is 0 Å². The molecule has 6 aromatic heterocycles. The van der Waals surface area contributed by atoms with Crippen LogP contribution >= 0.6 is 68.8 Å². The van der Waals surface area contributed by atoms with Crippen molar-refractivity contribution in [2.75, 3.05) is 0 Å². The van der Waals surface area contributed by atoms with Crippen LogP contribution in [-0.2, 0) is 42.1 Å². The summed E-state index contributed by atoms with van der Waals surface area (Å²) in [6, 6.07) is 36.3. The first kappa shape index (κ1) is 47.4. The zero-order chi connectivity index (χ0) is 42.7. The molecule has 0 saturated heterocycles. The monoisotopic (exact) mass is 1320 g/mol. The summed E-state index contributed by atoms with van der Waals surface area (Å²) in [5.74, 6) is 1.38. The Kier molecular flexibility index (Phi) is 14.6. The molecule has 65 heavy (non-hydrogen) atoms. The van der Waals surface area contributed by atoms with Gasteiger partial charge >= 0.3 is 0 Å². The minimum absolute atomic E-state index is 0. The van der Waals surface area contributed by atoms with E-state index in [-0.39, 0.29) is 42.1 Å². The molecular formula is C50H46N6S6SiW2-2. The van der Waals surface area contributed by atoms with Gasteiger partial charge in [-0.05, 0) is 79.4 Å². The summed E-state index contributed by atoms with van der Waals surface area (Å²) in [6.45, 7) is 9.57. The Labute approximate surface area is 434 Å². The van der Waals surface area contributed by atoms with Crippen LogP contribution < -0.4 is 10.4 Å². The molecule has 1 aliphatic rings. The van der Waals surface area contributed by atoms with E-state index in [0.29, 0.717) is 11.8 Å². The van der Waals surface area contributed by atoms with E-state index in [2.05, 4.69) is 113 Å². The van der Waals surface area contributed by atoms with E-state index < -0.39 is 8.07 Å². The van der Waals surface area contributed by atoms with Crippen molar-refractivity contribution in [2.24, 2.45) is 11.8 Å². The van der Waals surface area contributed by atoms with Gasteiger partial charge in [-0.15, -0.1) is 58.1 Å². The van der Waals surface area contributed by atoms with Gasteiger partial charge in [-0.25, -0.2) is 18.7 Å². The Hall–Kier alpha value is -2.71.